The summed E-state index contributed by atoms with van der Waals surface area (Å²) in [7, 11) is 2.44. The second-order valence-corrected chi connectivity index (χ2v) is 7.08. The summed E-state index contributed by atoms with van der Waals surface area (Å²) in [6.45, 7) is 3.14. The van der Waals surface area contributed by atoms with Crippen molar-refractivity contribution < 1.29 is 8.42 Å². The lowest BCUT2D eigenvalue weighted by Gasteiger charge is -2.20. The van der Waals surface area contributed by atoms with E-state index in [0.29, 0.717) is 6.54 Å². The number of nitrogens with zero attached hydrogens (tertiary/aromatic N) is 1. The highest BCUT2D eigenvalue weighted by Gasteiger charge is 2.14. The molecule has 6 heteroatoms. The molecule has 0 aliphatic rings. The van der Waals surface area contributed by atoms with E-state index in [-0.39, 0.29) is 11.8 Å². The molecular formula is C14H25N3O2S. The molecule has 1 atom stereocenters. The third-order valence-electron chi connectivity index (χ3n) is 3.21. The third-order valence-corrected chi connectivity index (χ3v) is 4.53. The van der Waals surface area contributed by atoms with E-state index in [1.165, 1.54) is 0 Å². The predicted octanol–water partition coefficient (Wildman–Crippen LogP) is 0.776. The summed E-state index contributed by atoms with van der Waals surface area (Å²) in [5, 5.41) is 3.06. The van der Waals surface area contributed by atoms with Crippen molar-refractivity contribution >= 4 is 10.0 Å². The highest BCUT2D eigenvalue weighted by atomic mass is 32.2. The Kier molecular flexibility index (Phi) is 6.61. The first-order valence-electron chi connectivity index (χ1n) is 6.70. The van der Waals surface area contributed by atoms with Crippen molar-refractivity contribution in [1.82, 2.24) is 14.9 Å². The molecule has 0 spiro atoms. The van der Waals surface area contributed by atoms with Gasteiger partial charge in [0.25, 0.3) is 0 Å². The molecule has 0 saturated carbocycles. The van der Waals surface area contributed by atoms with Gasteiger partial charge >= 0.3 is 0 Å². The minimum Gasteiger partial charge on any atom is -0.316 e. The normalized spacial score (nSPS) is 13.7. The molecule has 0 bridgehead atoms. The van der Waals surface area contributed by atoms with Gasteiger partial charge in [-0.05, 0) is 39.2 Å². The SMILES string of the molecule is CNCc1cccc(CS(=O)(=O)NCC(C)N(C)C)c1. The molecule has 1 unspecified atom stereocenters. The van der Waals surface area contributed by atoms with E-state index in [4.69, 9.17) is 0 Å². The topological polar surface area (TPSA) is 61.4 Å². The highest BCUT2D eigenvalue weighted by molar-refractivity contribution is 7.88. The van der Waals surface area contributed by atoms with Gasteiger partial charge in [-0.1, -0.05) is 24.3 Å². The standard InChI is InChI=1S/C14H25N3O2S/c1-12(17(3)4)9-16-20(18,19)11-14-7-5-6-13(8-14)10-15-2/h5-8,12,15-16H,9-11H2,1-4H3. The molecule has 0 saturated heterocycles. The van der Waals surface area contributed by atoms with Crippen molar-refractivity contribution in [2.45, 2.75) is 25.3 Å². The Bertz CT molecular complexity index is 515. The monoisotopic (exact) mass is 299 g/mol. The molecule has 0 heterocycles. The highest BCUT2D eigenvalue weighted by Crippen LogP contribution is 2.08. The number of likely N-dealkylation sites (N-methyl/N-ethyl adjacent to an activating group) is 1. The van der Waals surface area contributed by atoms with E-state index in [0.717, 1.165) is 17.7 Å². The zero-order valence-electron chi connectivity index (χ0n) is 12.7. The van der Waals surface area contributed by atoms with Crippen LogP contribution >= 0.6 is 0 Å². The summed E-state index contributed by atoms with van der Waals surface area (Å²) in [5.41, 5.74) is 1.89. The van der Waals surface area contributed by atoms with Crippen LogP contribution in [-0.2, 0) is 22.3 Å². The molecule has 2 N–H and O–H groups in total. The number of benzene rings is 1. The van der Waals surface area contributed by atoms with Crippen LogP contribution in [0.2, 0.25) is 0 Å². The fourth-order valence-corrected chi connectivity index (χ4v) is 2.95. The summed E-state index contributed by atoms with van der Waals surface area (Å²) in [5.74, 6) is 0.0186. The fourth-order valence-electron chi connectivity index (χ4n) is 1.73. The minimum absolute atomic E-state index is 0.0186. The molecule has 20 heavy (non-hydrogen) atoms. The molecular weight excluding hydrogens is 274 g/mol. The molecule has 0 aliphatic heterocycles. The van der Waals surface area contributed by atoms with E-state index in [2.05, 4.69) is 10.0 Å². The Morgan fingerprint density at radius 1 is 1.25 bits per heavy atom. The van der Waals surface area contributed by atoms with Gasteiger partial charge in [0.05, 0.1) is 5.75 Å². The zero-order valence-corrected chi connectivity index (χ0v) is 13.5. The van der Waals surface area contributed by atoms with Gasteiger partial charge in [0.1, 0.15) is 0 Å². The van der Waals surface area contributed by atoms with Crippen LogP contribution in [0.4, 0.5) is 0 Å². The van der Waals surface area contributed by atoms with Crippen LogP contribution in [0.1, 0.15) is 18.1 Å². The van der Waals surface area contributed by atoms with Crippen LogP contribution in [0.25, 0.3) is 0 Å². The van der Waals surface area contributed by atoms with Gasteiger partial charge in [-0.15, -0.1) is 0 Å². The molecule has 114 valence electrons. The van der Waals surface area contributed by atoms with Crippen LogP contribution in [-0.4, -0.2) is 47.0 Å². The molecule has 5 nitrogen and oxygen atoms in total. The fraction of sp³-hybridized carbons (Fsp3) is 0.571. The molecule has 0 aliphatic carbocycles. The molecule has 0 fully saturated rings. The van der Waals surface area contributed by atoms with Gasteiger partial charge in [0, 0.05) is 19.1 Å². The van der Waals surface area contributed by atoms with Gasteiger partial charge in [0.2, 0.25) is 10.0 Å². The Labute approximate surface area is 122 Å². The maximum atomic E-state index is 12.1. The Morgan fingerprint density at radius 3 is 2.50 bits per heavy atom. The van der Waals surface area contributed by atoms with Gasteiger partial charge in [0.15, 0.2) is 0 Å². The first-order chi connectivity index (χ1) is 9.34. The largest absolute Gasteiger partial charge is 0.316 e. The maximum absolute atomic E-state index is 12.1. The minimum atomic E-state index is -3.29. The van der Waals surface area contributed by atoms with Crippen molar-refractivity contribution in [2.24, 2.45) is 0 Å². The lowest BCUT2D eigenvalue weighted by Crippen LogP contribution is -2.38. The predicted molar refractivity (Wildman–Crippen MR) is 83.0 cm³/mol. The average molecular weight is 299 g/mol. The lowest BCUT2D eigenvalue weighted by molar-refractivity contribution is 0.314. The van der Waals surface area contributed by atoms with Crippen molar-refractivity contribution in [3.63, 3.8) is 0 Å². The van der Waals surface area contributed by atoms with Gasteiger partial charge in [-0.25, -0.2) is 13.1 Å². The number of rotatable bonds is 8. The summed E-state index contributed by atoms with van der Waals surface area (Å²) in [6, 6.07) is 7.80. The molecule has 0 radical (unpaired) electrons. The van der Waals surface area contributed by atoms with Crippen LogP contribution in [0, 0.1) is 0 Å². The molecule has 0 aromatic heterocycles. The second kappa shape index (κ2) is 7.73. The van der Waals surface area contributed by atoms with E-state index in [1.807, 2.05) is 57.2 Å². The average Bonchev–Trinajstić information content (AvgIpc) is 2.36. The summed E-state index contributed by atoms with van der Waals surface area (Å²) < 4.78 is 26.8. The zero-order chi connectivity index (χ0) is 15.2. The van der Waals surface area contributed by atoms with Gasteiger partial charge in [-0.3, -0.25) is 0 Å². The molecule has 1 aromatic carbocycles. The number of hydrogen-bond acceptors (Lipinski definition) is 4. The third kappa shape index (κ3) is 6.00. The van der Waals surface area contributed by atoms with Crippen molar-refractivity contribution in [1.29, 1.82) is 0 Å². The number of hydrogen-bond donors (Lipinski definition) is 2. The number of nitrogens with one attached hydrogen (secondary N) is 2. The van der Waals surface area contributed by atoms with Crippen molar-refractivity contribution in [3.8, 4) is 0 Å². The second-order valence-electron chi connectivity index (χ2n) is 5.27. The Morgan fingerprint density at radius 2 is 1.90 bits per heavy atom. The van der Waals surface area contributed by atoms with Crippen LogP contribution in [0.15, 0.2) is 24.3 Å². The van der Waals surface area contributed by atoms with Crippen molar-refractivity contribution in [3.05, 3.63) is 35.4 Å². The Hall–Kier alpha value is -0.950. The number of sulfonamides is 1. The van der Waals surface area contributed by atoms with Crippen LogP contribution in [0.5, 0.6) is 0 Å². The smallest absolute Gasteiger partial charge is 0.215 e. The van der Waals surface area contributed by atoms with E-state index in [1.54, 1.807) is 0 Å². The van der Waals surface area contributed by atoms with Gasteiger partial charge < -0.3 is 10.2 Å². The van der Waals surface area contributed by atoms with Crippen LogP contribution < -0.4 is 10.0 Å². The Balaban J connectivity index is 2.64. The summed E-state index contributed by atoms with van der Waals surface area (Å²) >= 11 is 0. The summed E-state index contributed by atoms with van der Waals surface area (Å²) in [6.07, 6.45) is 0. The molecule has 1 rings (SSSR count). The molecule has 1 aromatic rings. The van der Waals surface area contributed by atoms with Crippen LogP contribution in [0.3, 0.4) is 0 Å². The quantitative estimate of drug-likeness (QED) is 0.744. The first kappa shape index (κ1) is 17.1. The molecule has 0 amide bonds. The first-order valence-corrected chi connectivity index (χ1v) is 8.35. The van der Waals surface area contributed by atoms with Gasteiger partial charge in [-0.2, -0.15) is 0 Å². The maximum Gasteiger partial charge on any atom is 0.215 e. The van der Waals surface area contributed by atoms with E-state index < -0.39 is 10.0 Å². The van der Waals surface area contributed by atoms with E-state index >= 15 is 0 Å². The lowest BCUT2D eigenvalue weighted by atomic mass is 10.1. The van der Waals surface area contributed by atoms with Crippen molar-refractivity contribution in [2.75, 3.05) is 27.7 Å². The van der Waals surface area contributed by atoms with E-state index in [9.17, 15) is 8.42 Å². The summed E-state index contributed by atoms with van der Waals surface area (Å²) in [4.78, 5) is 1.98.